The van der Waals surface area contributed by atoms with E-state index in [1.165, 1.54) is 24.2 Å². The number of rotatable bonds is 6. The van der Waals surface area contributed by atoms with E-state index in [1.807, 2.05) is 24.3 Å². The summed E-state index contributed by atoms with van der Waals surface area (Å²) in [4.78, 5) is 28.9. The Morgan fingerprint density at radius 1 is 1.13 bits per heavy atom. The molecule has 10 nitrogen and oxygen atoms in total. The lowest BCUT2D eigenvalue weighted by Gasteiger charge is -2.30. The van der Waals surface area contributed by atoms with Crippen molar-refractivity contribution < 1.29 is 31.7 Å². The summed E-state index contributed by atoms with van der Waals surface area (Å²) >= 11 is 0. The smallest absolute Gasteiger partial charge is 0.419 e. The summed E-state index contributed by atoms with van der Waals surface area (Å²) in [7, 11) is -2.52. The van der Waals surface area contributed by atoms with Gasteiger partial charge in [0.15, 0.2) is 11.5 Å². The Morgan fingerprint density at radius 2 is 1.87 bits per heavy atom. The van der Waals surface area contributed by atoms with Crippen LogP contribution in [0.1, 0.15) is 48.7 Å². The Bertz CT molecular complexity index is 1560. The minimum absolute atomic E-state index is 0.0515. The number of carbonyl (C=O) groups excluding carboxylic acids is 2. The molecular weight excluding hydrogens is 510 g/mol. The first-order valence-corrected chi connectivity index (χ1v) is 14.2. The number of methoxy groups -OCH3 is 1. The molecule has 11 heteroatoms. The van der Waals surface area contributed by atoms with Crippen molar-refractivity contribution in [2.75, 3.05) is 26.5 Å². The first-order chi connectivity index (χ1) is 17.8. The average Bonchev–Trinajstić information content (AvgIpc) is 3.35. The number of ether oxygens (including phenoxy) is 2. The van der Waals surface area contributed by atoms with E-state index in [1.54, 1.807) is 20.8 Å². The van der Waals surface area contributed by atoms with Gasteiger partial charge in [0.1, 0.15) is 5.60 Å². The molecular formula is C27H31N3O7S. The number of likely N-dealkylation sites (tertiary alicyclic amines) is 1. The number of amides is 1. The van der Waals surface area contributed by atoms with Crippen molar-refractivity contribution in [2.45, 2.75) is 45.9 Å². The molecule has 2 aromatic carbocycles. The number of fused-ring (bicyclic) bond motifs is 2. The molecule has 3 heterocycles. The van der Waals surface area contributed by atoms with Crippen LogP contribution in [0.4, 0.5) is 4.79 Å². The Hall–Kier alpha value is -3.57. The molecule has 1 saturated heterocycles. The number of nitrogens with one attached hydrogen (secondary N) is 1. The van der Waals surface area contributed by atoms with Gasteiger partial charge in [0, 0.05) is 29.6 Å². The van der Waals surface area contributed by atoms with Crippen LogP contribution in [0.25, 0.3) is 22.2 Å². The van der Waals surface area contributed by atoms with Crippen molar-refractivity contribution in [3.63, 3.8) is 0 Å². The fourth-order valence-corrected chi connectivity index (χ4v) is 5.32. The predicted molar refractivity (Wildman–Crippen MR) is 142 cm³/mol. The summed E-state index contributed by atoms with van der Waals surface area (Å²) in [6.07, 6.45) is 1.52. The third-order valence-corrected chi connectivity index (χ3v) is 6.99. The van der Waals surface area contributed by atoms with E-state index >= 15 is 0 Å². The van der Waals surface area contributed by atoms with Crippen LogP contribution in [-0.2, 0) is 27.9 Å². The van der Waals surface area contributed by atoms with Crippen LogP contribution in [0, 0.1) is 0 Å². The lowest BCUT2D eigenvalue weighted by Crippen LogP contribution is -2.36. The van der Waals surface area contributed by atoms with E-state index in [4.69, 9.17) is 13.7 Å². The fraction of sp³-hybridized carbons (Fsp3) is 0.407. The van der Waals surface area contributed by atoms with Gasteiger partial charge in [-0.15, -0.1) is 0 Å². The lowest BCUT2D eigenvalue weighted by molar-refractivity contribution is 0.0546. The normalized spacial score (nSPS) is 15.7. The van der Waals surface area contributed by atoms with Gasteiger partial charge in [0.05, 0.1) is 30.1 Å². The van der Waals surface area contributed by atoms with Gasteiger partial charge in [-0.3, -0.25) is 9.69 Å². The van der Waals surface area contributed by atoms with Gasteiger partial charge in [0.2, 0.25) is 0 Å². The van der Waals surface area contributed by atoms with Gasteiger partial charge < -0.3 is 19.0 Å². The van der Waals surface area contributed by atoms with Crippen molar-refractivity contribution in [3.8, 4) is 22.8 Å². The fourth-order valence-electron chi connectivity index (χ4n) is 4.84. The second-order valence-electron chi connectivity index (χ2n) is 10.6. The van der Waals surface area contributed by atoms with Crippen LogP contribution < -0.4 is 14.2 Å². The molecule has 2 aliphatic rings. The highest BCUT2D eigenvalue weighted by Crippen LogP contribution is 2.44. The van der Waals surface area contributed by atoms with E-state index in [2.05, 4.69) is 10.2 Å². The zero-order valence-electron chi connectivity index (χ0n) is 22.1. The van der Waals surface area contributed by atoms with E-state index < -0.39 is 27.7 Å². The number of aromatic nitrogens is 1. The van der Waals surface area contributed by atoms with E-state index in [-0.39, 0.29) is 23.6 Å². The molecule has 0 aliphatic carbocycles. The van der Waals surface area contributed by atoms with Crippen molar-refractivity contribution in [2.24, 2.45) is 0 Å². The van der Waals surface area contributed by atoms with Gasteiger partial charge in [-0.05, 0) is 70.1 Å². The van der Waals surface area contributed by atoms with Crippen LogP contribution >= 0.6 is 0 Å². The maximum absolute atomic E-state index is 13.5. The summed E-state index contributed by atoms with van der Waals surface area (Å²) in [5.74, 6) is -0.334. The monoisotopic (exact) mass is 541 g/mol. The molecule has 0 bridgehead atoms. The molecule has 1 aromatic heterocycles. The molecule has 38 heavy (non-hydrogen) atoms. The summed E-state index contributed by atoms with van der Waals surface area (Å²) in [5, 5.41) is 3.55. The van der Waals surface area contributed by atoms with Crippen LogP contribution in [0.3, 0.4) is 0 Å². The molecule has 202 valence electrons. The van der Waals surface area contributed by atoms with E-state index in [9.17, 15) is 18.0 Å². The Balaban J connectivity index is 1.74. The summed E-state index contributed by atoms with van der Waals surface area (Å²) in [6.45, 7) is 8.34. The Labute approximate surface area is 221 Å². The zero-order chi connectivity index (χ0) is 27.4. The van der Waals surface area contributed by atoms with Gasteiger partial charge >= 0.3 is 16.2 Å². The lowest BCUT2D eigenvalue weighted by atomic mass is 9.98. The molecule has 1 amide bonds. The quantitative estimate of drug-likeness (QED) is 0.468. The van der Waals surface area contributed by atoms with Gasteiger partial charge in [-0.1, -0.05) is 6.07 Å². The molecule has 3 aromatic rings. The zero-order valence-corrected chi connectivity index (χ0v) is 22.9. The molecule has 1 fully saturated rings. The first kappa shape index (κ1) is 26.1. The predicted octanol–water partition coefficient (Wildman–Crippen LogP) is 3.89. The Kier molecular flexibility index (Phi) is 6.39. The highest BCUT2D eigenvalue weighted by atomic mass is 32.2. The standard InChI is InChI=1S/C27H31N3O7S/c1-27(2,3)36-26(32)30-20-8-7-16(15-29-9-6-10-29)11-17(20)12-21(30)18-13-22(35-4)24(37-38(5,33)34)19-14-28-25(31)23(18)19/h7-8,11-13H,6,9-10,14-15H2,1-5H3,(H,28,31). The van der Waals surface area contributed by atoms with Crippen molar-refractivity contribution >= 4 is 33.0 Å². The summed E-state index contributed by atoms with van der Waals surface area (Å²) in [5.41, 5.74) is 2.37. The number of carbonyl (C=O) groups is 2. The van der Waals surface area contributed by atoms with Crippen LogP contribution in [0.5, 0.6) is 11.5 Å². The first-order valence-electron chi connectivity index (χ1n) is 12.4. The number of benzene rings is 2. The molecule has 5 rings (SSSR count). The highest BCUT2D eigenvalue weighted by Gasteiger charge is 2.34. The van der Waals surface area contributed by atoms with Gasteiger partial charge in [0.25, 0.3) is 5.91 Å². The Morgan fingerprint density at radius 3 is 2.47 bits per heavy atom. The molecule has 0 atom stereocenters. The average molecular weight is 542 g/mol. The van der Waals surface area contributed by atoms with E-state index in [0.29, 0.717) is 22.3 Å². The molecule has 2 aliphatic heterocycles. The van der Waals surface area contributed by atoms with Gasteiger partial charge in [-0.2, -0.15) is 8.42 Å². The number of nitrogens with zero attached hydrogens (tertiary/aromatic N) is 2. The van der Waals surface area contributed by atoms with Crippen LogP contribution in [0.2, 0.25) is 0 Å². The second-order valence-corrected chi connectivity index (χ2v) is 12.2. The number of hydrogen-bond donors (Lipinski definition) is 1. The van der Waals surface area contributed by atoms with Crippen molar-refractivity contribution in [1.82, 2.24) is 14.8 Å². The van der Waals surface area contributed by atoms with Crippen LogP contribution in [-0.4, -0.2) is 61.9 Å². The van der Waals surface area contributed by atoms with Crippen molar-refractivity contribution in [3.05, 3.63) is 47.0 Å². The SMILES string of the molecule is COc1cc(-c2cc3cc(CN4CCC4)ccc3n2C(=O)OC(C)(C)C)c2c(c1OS(C)(=O)=O)CNC2=O. The minimum atomic E-state index is -3.90. The molecule has 0 radical (unpaired) electrons. The maximum Gasteiger partial charge on any atom is 0.419 e. The molecule has 0 saturated carbocycles. The summed E-state index contributed by atoms with van der Waals surface area (Å²) < 4.78 is 41.9. The summed E-state index contributed by atoms with van der Waals surface area (Å²) in [6, 6.07) is 9.29. The second kappa shape index (κ2) is 9.32. The molecule has 1 N–H and O–H groups in total. The van der Waals surface area contributed by atoms with Crippen molar-refractivity contribution in [1.29, 1.82) is 0 Å². The maximum atomic E-state index is 13.5. The van der Waals surface area contributed by atoms with Crippen LogP contribution in [0.15, 0.2) is 30.3 Å². The largest absolute Gasteiger partial charge is 0.493 e. The third-order valence-electron chi connectivity index (χ3n) is 6.52. The minimum Gasteiger partial charge on any atom is -0.493 e. The van der Waals surface area contributed by atoms with Gasteiger partial charge in [-0.25, -0.2) is 9.36 Å². The molecule has 0 spiro atoms. The third kappa shape index (κ3) is 4.95. The topological polar surface area (TPSA) is 116 Å². The number of hydrogen-bond acceptors (Lipinski definition) is 8. The highest BCUT2D eigenvalue weighted by molar-refractivity contribution is 7.86. The van der Waals surface area contributed by atoms with E-state index in [0.717, 1.165) is 36.8 Å². The molecule has 0 unspecified atom stereocenters.